The fraction of sp³-hybridized carbons (Fsp3) is 0.778. The summed E-state index contributed by atoms with van der Waals surface area (Å²) in [6, 6.07) is 0. The maximum absolute atomic E-state index is 10.9. The summed E-state index contributed by atoms with van der Waals surface area (Å²) in [4.78, 5) is 21.1. The molecule has 1 unspecified atom stereocenters. The van der Waals surface area contributed by atoms with Crippen molar-refractivity contribution in [3.63, 3.8) is 0 Å². The number of carboxylic acid groups (broad SMARTS) is 1. The zero-order valence-electron chi connectivity index (χ0n) is 10.2. The zero-order chi connectivity index (χ0) is 15.9. The lowest BCUT2D eigenvalue weighted by Gasteiger charge is -2.27. The summed E-state index contributed by atoms with van der Waals surface area (Å²) >= 11 is 0. The van der Waals surface area contributed by atoms with E-state index in [2.05, 4.69) is 4.74 Å². The summed E-state index contributed by atoms with van der Waals surface area (Å²) in [7, 11) is 0. The summed E-state index contributed by atoms with van der Waals surface area (Å²) in [6.45, 7) is -1.71. The Morgan fingerprint density at radius 1 is 1.00 bits per heavy atom. The van der Waals surface area contributed by atoms with E-state index in [1.165, 1.54) is 0 Å². The maximum atomic E-state index is 10.9. The van der Waals surface area contributed by atoms with Gasteiger partial charge in [-0.1, -0.05) is 0 Å². The molecule has 0 spiro atoms. The molecule has 0 saturated carbocycles. The lowest BCUT2D eigenvalue weighted by Crippen LogP contribution is -2.51. The highest BCUT2D eigenvalue weighted by Crippen LogP contribution is 2.09. The Bertz CT molecular complexity index is 324. The Labute approximate surface area is 112 Å². The number of aliphatic hydroxyl groups excluding tert-OH is 6. The smallest absolute Gasteiger partial charge is 0.410 e. The van der Waals surface area contributed by atoms with Crippen LogP contribution in [0.2, 0.25) is 0 Å². The third kappa shape index (κ3) is 6.10. The van der Waals surface area contributed by atoms with Crippen LogP contribution >= 0.6 is 0 Å². The highest BCUT2D eigenvalue weighted by atomic mass is 16.7. The first-order chi connectivity index (χ1) is 9.20. The molecule has 0 radical (unpaired) electrons. The normalized spacial score (nSPS) is 18.5. The van der Waals surface area contributed by atoms with Gasteiger partial charge in [0.25, 0.3) is 0 Å². The largest absolute Gasteiger partial charge is 0.480 e. The van der Waals surface area contributed by atoms with Crippen molar-refractivity contribution in [3.8, 4) is 0 Å². The zero-order valence-corrected chi connectivity index (χ0v) is 10.2. The quantitative estimate of drug-likeness (QED) is 0.202. The fourth-order valence-corrected chi connectivity index (χ4v) is 1.08. The number of alkyl carbamates (subject to hydrolysis) is 1. The molecule has 0 rings (SSSR count). The van der Waals surface area contributed by atoms with Gasteiger partial charge in [-0.05, 0) is 0 Å². The Balaban J connectivity index is 4.35. The van der Waals surface area contributed by atoms with Gasteiger partial charge in [0.15, 0.2) is 0 Å². The van der Waals surface area contributed by atoms with Gasteiger partial charge in [0.05, 0.1) is 6.61 Å². The van der Waals surface area contributed by atoms with Gasteiger partial charge in [-0.2, -0.15) is 0 Å². The Hall–Kier alpha value is -1.50. The topological polar surface area (TPSA) is 197 Å². The van der Waals surface area contributed by atoms with Gasteiger partial charge in [-0.25, -0.2) is 4.79 Å². The average Bonchev–Trinajstić information content (AvgIpc) is 2.41. The number of ether oxygens (including phenoxy) is 1. The lowest BCUT2D eigenvalue weighted by atomic mass is 10.0. The van der Waals surface area contributed by atoms with Gasteiger partial charge < -0.3 is 45.8 Å². The molecular weight excluding hydrogens is 282 g/mol. The van der Waals surface area contributed by atoms with Crippen LogP contribution in [0.5, 0.6) is 0 Å². The Kier molecular flexibility index (Phi) is 7.98. The molecule has 118 valence electrons. The minimum absolute atomic E-state index is 0.796. The Morgan fingerprint density at radius 2 is 1.55 bits per heavy atom. The van der Waals surface area contributed by atoms with Crippen LogP contribution in [0.25, 0.3) is 0 Å². The molecule has 8 N–H and O–H groups in total. The monoisotopic (exact) mass is 299 g/mol. The number of amides is 1. The molecule has 11 heteroatoms. The van der Waals surface area contributed by atoms with E-state index in [-0.39, 0.29) is 0 Å². The van der Waals surface area contributed by atoms with Gasteiger partial charge in [-0.15, -0.1) is 0 Å². The van der Waals surface area contributed by atoms with E-state index in [9.17, 15) is 30.0 Å². The molecule has 20 heavy (non-hydrogen) atoms. The summed E-state index contributed by atoms with van der Waals surface area (Å²) in [5.41, 5.74) is 0. The molecule has 0 aliphatic heterocycles. The lowest BCUT2D eigenvalue weighted by molar-refractivity contribution is -0.190. The number of nitrogens with one attached hydrogen (secondary N) is 1. The maximum Gasteiger partial charge on any atom is 0.410 e. The number of aliphatic carboxylic acids is 1. The third-order valence-corrected chi connectivity index (χ3v) is 2.18. The second-order valence-corrected chi connectivity index (χ2v) is 3.76. The highest BCUT2D eigenvalue weighted by molar-refractivity contribution is 5.76. The average molecular weight is 299 g/mol. The summed E-state index contributed by atoms with van der Waals surface area (Å²) in [5.74, 6) is -1.38. The number of carboxylic acids is 1. The van der Waals surface area contributed by atoms with Crippen LogP contribution in [0.4, 0.5) is 4.79 Å². The van der Waals surface area contributed by atoms with Crippen molar-refractivity contribution in [2.24, 2.45) is 0 Å². The first-order valence-corrected chi connectivity index (χ1v) is 5.38. The summed E-state index contributed by atoms with van der Waals surface area (Å²) < 4.78 is 4.12. The van der Waals surface area contributed by atoms with Crippen LogP contribution in [0.1, 0.15) is 0 Å². The van der Waals surface area contributed by atoms with Crippen molar-refractivity contribution < 1.29 is 50.1 Å². The highest BCUT2D eigenvalue weighted by Gasteiger charge is 2.35. The molecule has 0 aromatic heterocycles. The third-order valence-electron chi connectivity index (χ3n) is 2.18. The Morgan fingerprint density at radius 3 is 2.00 bits per heavy atom. The van der Waals surface area contributed by atoms with Gasteiger partial charge in [0, 0.05) is 0 Å². The van der Waals surface area contributed by atoms with Crippen molar-refractivity contribution in [2.75, 3.05) is 13.2 Å². The molecule has 0 saturated heterocycles. The molecular formula is C9H17NO10. The van der Waals surface area contributed by atoms with Crippen molar-refractivity contribution in [1.82, 2.24) is 5.32 Å². The van der Waals surface area contributed by atoms with E-state index < -0.39 is 55.9 Å². The van der Waals surface area contributed by atoms with Gasteiger partial charge in [0.2, 0.25) is 6.29 Å². The number of hydrogen-bond donors (Lipinski definition) is 8. The number of rotatable bonds is 8. The second-order valence-electron chi connectivity index (χ2n) is 3.76. The van der Waals surface area contributed by atoms with Crippen LogP contribution in [-0.4, -0.2) is 91.7 Å². The molecule has 0 bridgehead atoms. The van der Waals surface area contributed by atoms with E-state index in [4.69, 9.17) is 15.3 Å². The van der Waals surface area contributed by atoms with Crippen molar-refractivity contribution in [3.05, 3.63) is 0 Å². The second kappa shape index (κ2) is 8.63. The summed E-state index contributed by atoms with van der Waals surface area (Å²) in [6.07, 6.45) is -11.8. The number of carbonyl (C=O) groups is 2. The standard InChI is InChI=1S/C9H17NO10/c11-2-3(12)5(15)6(16)7(17)8(18)20-9(19)10-1-4(13)14/h3,5-8,11-12,15-18H,1-2H2,(H,10,19)(H,13,14)/t3-,5-,6+,7+,8?/m1/s1. The molecule has 0 aliphatic rings. The molecule has 0 aromatic rings. The molecule has 1 amide bonds. The van der Waals surface area contributed by atoms with Gasteiger partial charge in [0.1, 0.15) is 31.0 Å². The number of carbonyl (C=O) groups excluding carboxylic acids is 1. The molecule has 0 aliphatic carbocycles. The van der Waals surface area contributed by atoms with E-state index in [1.54, 1.807) is 5.32 Å². The predicted octanol–water partition coefficient (Wildman–Crippen LogP) is -4.45. The first kappa shape index (κ1) is 18.5. The summed E-state index contributed by atoms with van der Waals surface area (Å²) in [5, 5.41) is 64.7. The molecule has 0 heterocycles. The predicted molar refractivity (Wildman–Crippen MR) is 59.2 cm³/mol. The van der Waals surface area contributed by atoms with Crippen molar-refractivity contribution in [2.45, 2.75) is 30.7 Å². The van der Waals surface area contributed by atoms with Crippen LogP contribution in [0.3, 0.4) is 0 Å². The first-order valence-electron chi connectivity index (χ1n) is 5.38. The number of aliphatic hydroxyl groups is 6. The van der Waals surface area contributed by atoms with E-state index >= 15 is 0 Å². The molecule has 5 atom stereocenters. The van der Waals surface area contributed by atoms with E-state index in [1.807, 2.05) is 0 Å². The molecule has 11 nitrogen and oxygen atoms in total. The SMILES string of the molecule is O=C(O)CNC(=O)OC(O)[C@@H](O)[C@@H](O)[C@H](O)[C@H](O)CO. The minimum atomic E-state index is -2.29. The number of hydrogen-bond acceptors (Lipinski definition) is 9. The minimum Gasteiger partial charge on any atom is -0.480 e. The fourth-order valence-electron chi connectivity index (χ4n) is 1.08. The van der Waals surface area contributed by atoms with Crippen LogP contribution < -0.4 is 5.32 Å². The van der Waals surface area contributed by atoms with Crippen LogP contribution in [0, 0.1) is 0 Å². The van der Waals surface area contributed by atoms with Crippen molar-refractivity contribution >= 4 is 12.1 Å². The van der Waals surface area contributed by atoms with Gasteiger partial charge >= 0.3 is 12.1 Å². The molecule has 0 fully saturated rings. The van der Waals surface area contributed by atoms with Crippen LogP contribution in [-0.2, 0) is 9.53 Å². The van der Waals surface area contributed by atoms with Gasteiger partial charge in [-0.3, -0.25) is 4.79 Å². The molecule has 0 aromatic carbocycles. The van der Waals surface area contributed by atoms with Crippen molar-refractivity contribution in [1.29, 1.82) is 0 Å². The van der Waals surface area contributed by atoms with Crippen LogP contribution in [0.15, 0.2) is 0 Å². The van der Waals surface area contributed by atoms with E-state index in [0.29, 0.717) is 0 Å². The van der Waals surface area contributed by atoms with E-state index in [0.717, 1.165) is 0 Å².